The lowest BCUT2D eigenvalue weighted by Crippen LogP contribution is -2.43. The highest BCUT2D eigenvalue weighted by Gasteiger charge is 2.27. The first kappa shape index (κ1) is 14.9. The van der Waals surface area contributed by atoms with Crippen molar-refractivity contribution in [1.29, 1.82) is 0 Å². The zero-order valence-corrected chi connectivity index (χ0v) is 13.2. The van der Waals surface area contributed by atoms with E-state index >= 15 is 0 Å². The van der Waals surface area contributed by atoms with Crippen molar-refractivity contribution in [1.82, 2.24) is 10.2 Å². The number of aromatic nitrogens is 2. The Bertz CT molecular complexity index is 630. The van der Waals surface area contributed by atoms with Crippen LogP contribution in [0.5, 0.6) is 0 Å². The molecule has 0 aliphatic carbocycles. The number of hydrogen-bond donors (Lipinski definition) is 0. The minimum Gasteiger partial charge on any atom is -0.464 e. The van der Waals surface area contributed by atoms with Gasteiger partial charge in [-0.15, -0.1) is 10.2 Å². The number of carbonyl (C=O) groups excluding carboxylic acids is 1. The molecule has 1 saturated heterocycles. The van der Waals surface area contributed by atoms with Gasteiger partial charge >= 0.3 is 5.97 Å². The van der Waals surface area contributed by atoms with Crippen LogP contribution in [0.2, 0.25) is 0 Å². The lowest BCUT2D eigenvalue weighted by Gasteiger charge is -2.37. The van der Waals surface area contributed by atoms with Crippen LogP contribution in [0.1, 0.15) is 29.1 Å². The average Bonchev–Trinajstić information content (AvgIpc) is 3.08. The van der Waals surface area contributed by atoms with Crippen LogP contribution in [-0.4, -0.2) is 42.5 Å². The molecule has 0 saturated carbocycles. The van der Waals surface area contributed by atoms with E-state index in [1.165, 1.54) is 12.7 Å². The summed E-state index contributed by atoms with van der Waals surface area (Å²) in [5, 5.41) is 12.2. The minimum absolute atomic E-state index is 0.0251. The van der Waals surface area contributed by atoms with Crippen LogP contribution in [0.3, 0.4) is 0 Å². The van der Waals surface area contributed by atoms with E-state index in [-0.39, 0.29) is 17.9 Å². The van der Waals surface area contributed by atoms with E-state index in [2.05, 4.69) is 31.3 Å². The van der Waals surface area contributed by atoms with Gasteiger partial charge in [-0.05, 0) is 41.4 Å². The van der Waals surface area contributed by atoms with Crippen LogP contribution >= 0.6 is 11.3 Å². The van der Waals surface area contributed by atoms with Crippen molar-refractivity contribution in [3.8, 4) is 0 Å². The van der Waals surface area contributed by atoms with E-state index in [1.807, 2.05) is 12.3 Å². The van der Waals surface area contributed by atoms with Crippen molar-refractivity contribution >= 4 is 23.1 Å². The highest BCUT2D eigenvalue weighted by molar-refractivity contribution is 7.07. The molecule has 1 aliphatic rings. The number of morpholine rings is 1. The quantitative estimate of drug-likeness (QED) is 0.809. The molecule has 2 aromatic heterocycles. The van der Waals surface area contributed by atoms with Crippen LogP contribution in [0.15, 0.2) is 29.0 Å². The molecule has 1 fully saturated rings. The number of carbonyl (C=O) groups is 1. The van der Waals surface area contributed by atoms with Crippen LogP contribution in [0, 0.1) is 0 Å². The summed E-state index contributed by atoms with van der Waals surface area (Å²) in [6.45, 7) is 3.50. The molecule has 6 nitrogen and oxygen atoms in total. The number of ether oxygens (including phenoxy) is 2. The molecule has 1 aliphatic heterocycles. The zero-order valence-electron chi connectivity index (χ0n) is 12.4. The van der Waals surface area contributed by atoms with Crippen LogP contribution in [0.25, 0.3) is 0 Å². The lowest BCUT2D eigenvalue weighted by molar-refractivity contribution is -0.0174. The Morgan fingerprint density at radius 2 is 2.23 bits per heavy atom. The Labute approximate surface area is 132 Å². The number of nitrogens with zero attached hydrogens (tertiary/aromatic N) is 3. The van der Waals surface area contributed by atoms with E-state index in [0.717, 1.165) is 12.4 Å². The summed E-state index contributed by atoms with van der Waals surface area (Å²) in [4.78, 5) is 13.5. The number of rotatable bonds is 3. The second-order valence-corrected chi connectivity index (χ2v) is 5.95. The third-order valence-corrected chi connectivity index (χ3v) is 4.25. The summed E-state index contributed by atoms with van der Waals surface area (Å²) in [6.07, 6.45) is 0.123. The van der Waals surface area contributed by atoms with E-state index in [9.17, 15) is 4.79 Å². The molecule has 3 heterocycles. The largest absolute Gasteiger partial charge is 0.464 e. The molecule has 0 spiro atoms. The minimum atomic E-state index is -0.481. The summed E-state index contributed by atoms with van der Waals surface area (Å²) < 4.78 is 10.6. The van der Waals surface area contributed by atoms with E-state index in [4.69, 9.17) is 4.74 Å². The zero-order chi connectivity index (χ0) is 15.5. The third-order valence-electron chi connectivity index (χ3n) is 3.54. The first-order valence-corrected chi connectivity index (χ1v) is 7.96. The van der Waals surface area contributed by atoms with Crippen LogP contribution < -0.4 is 4.90 Å². The fraction of sp³-hybridized carbons (Fsp3) is 0.400. The Morgan fingerprint density at radius 1 is 1.36 bits per heavy atom. The van der Waals surface area contributed by atoms with Gasteiger partial charge < -0.3 is 14.4 Å². The SMILES string of the molecule is COC(=O)c1ccc(N2CC(C)OC(c3ccsc3)C2)nn1. The molecule has 0 radical (unpaired) electrons. The van der Waals surface area contributed by atoms with Gasteiger partial charge in [-0.1, -0.05) is 0 Å². The monoisotopic (exact) mass is 319 g/mol. The summed E-state index contributed by atoms with van der Waals surface area (Å²) in [6, 6.07) is 5.51. The molecule has 2 unspecified atom stereocenters. The van der Waals surface area contributed by atoms with Gasteiger partial charge in [-0.25, -0.2) is 4.79 Å². The van der Waals surface area contributed by atoms with Gasteiger partial charge in [0.2, 0.25) is 0 Å². The van der Waals surface area contributed by atoms with E-state index in [0.29, 0.717) is 6.54 Å². The summed E-state index contributed by atoms with van der Waals surface area (Å²) in [5.74, 6) is 0.258. The second-order valence-electron chi connectivity index (χ2n) is 5.17. The maximum Gasteiger partial charge on any atom is 0.358 e. The molecule has 2 aromatic rings. The van der Waals surface area contributed by atoms with E-state index in [1.54, 1.807) is 23.5 Å². The molecule has 7 heteroatoms. The van der Waals surface area contributed by atoms with Gasteiger partial charge in [0.25, 0.3) is 0 Å². The number of hydrogen-bond acceptors (Lipinski definition) is 7. The topological polar surface area (TPSA) is 64.5 Å². The predicted molar refractivity (Wildman–Crippen MR) is 83.2 cm³/mol. The van der Waals surface area contributed by atoms with Crippen molar-refractivity contribution in [2.75, 3.05) is 25.1 Å². The highest BCUT2D eigenvalue weighted by Crippen LogP contribution is 2.28. The fourth-order valence-electron chi connectivity index (χ4n) is 2.49. The van der Waals surface area contributed by atoms with Gasteiger partial charge in [0.05, 0.1) is 13.2 Å². The van der Waals surface area contributed by atoms with Crippen LogP contribution in [0.4, 0.5) is 5.82 Å². The van der Waals surface area contributed by atoms with E-state index < -0.39 is 5.97 Å². The first-order valence-electron chi connectivity index (χ1n) is 7.02. The normalized spacial score (nSPS) is 21.6. The number of methoxy groups -OCH3 is 1. The maximum atomic E-state index is 11.4. The Hall–Kier alpha value is -1.99. The van der Waals surface area contributed by atoms with Crippen molar-refractivity contribution in [3.05, 3.63) is 40.2 Å². The summed E-state index contributed by atoms with van der Waals surface area (Å²) in [5.41, 5.74) is 1.39. The molecule has 2 atom stereocenters. The molecule has 0 N–H and O–H groups in total. The molecule has 0 bridgehead atoms. The van der Waals surface area contributed by atoms with Crippen molar-refractivity contribution < 1.29 is 14.3 Å². The number of thiophene rings is 1. The first-order chi connectivity index (χ1) is 10.7. The van der Waals surface area contributed by atoms with Crippen molar-refractivity contribution in [2.45, 2.75) is 19.1 Å². The summed E-state index contributed by atoms with van der Waals surface area (Å²) >= 11 is 1.66. The molecule has 22 heavy (non-hydrogen) atoms. The van der Waals surface area contributed by atoms with Gasteiger partial charge in [0, 0.05) is 13.1 Å². The van der Waals surface area contributed by atoms with Gasteiger partial charge in [-0.3, -0.25) is 0 Å². The Morgan fingerprint density at radius 3 is 2.86 bits per heavy atom. The van der Waals surface area contributed by atoms with Crippen molar-refractivity contribution in [3.63, 3.8) is 0 Å². The fourth-order valence-corrected chi connectivity index (χ4v) is 3.19. The predicted octanol–water partition coefficient (Wildman–Crippen LogP) is 2.29. The molecular formula is C15H17N3O3S. The molecule has 3 rings (SSSR count). The van der Waals surface area contributed by atoms with Gasteiger partial charge in [-0.2, -0.15) is 11.3 Å². The standard InChI is InChI=1S/C15H17N3O3S/c1-10-7-18(8-13(21-10)11-5-6-22-9-11)14-4-3-12(16-17-14)15(19)20-2/h3-6,9-10,13H,7-8H2,1-2H3. The molecular weight excluding hydrogens is 302 g/mol. The highest BCUT2D eigenvalue weighted by atomic mass is 32.1. The van der Waals surface area contributed by atoms with Crippen molar-refractivity contribution in [2.24, 2.45) is 0 Å². The molecule has 0 aromatic carbocycles. The smallest absolute Gasteiger partial charge is 0.358 e. The van der Waals surface area contributed by atoms with Crippen LogP contribution in [-0.2, 0) is 9.47 Å². The molecule has 0 amide bonds. The third kappa shape index (κ3) is 3.10. The number of esters is 1. The molecule has 116 valence electrons. The lowest BCUT2D eigenvalue weighted by atomic mass is 10.1. The average molecular weight is 319 g/mol. The number of anilines is 1. The maximum absolute atomic E-state index is 11.4. The Kier molecular flexibility index (Phi) is 4.35. The second kappa shape index (κ2) is 6.41. The van der Waals surface area contributed by atoms with Gasteiger partial charge in [0.15, 0.2) is 11.5 Å². The Balaban J connectivity index is 1.77. The van der Waals surface area contributed by atoms with Gasteiger partial charge in [0.1, 0.15) is 6.10 Å². The summed E-state index contributed by atoms with van der Waals surface area (Å²) in [7, 11) is 1.33.